The maximum atomic E-state index is 5.40. The third-order valence-electron chi connectivity index (χ3n) is 3.45. The number of thioether (sulfide) groups is 1. The summed E-state index contributed by atoms with van der Waals surface area (Å²) in [4.78, 5) is 0. The van der Waals surface area contributed by atoms with E-state index in [1.807, 2.05) is 18.2 Å². The number of aromatic nitrogens is 3. The van der Waals surface area contributed by atoms with Crippen LogP contribution in [-0.4, -0.2) is 48.5 Å². The molecule has 0 fully saturated rings. The van der Waals surface area contributed by atoms with Crippen LogP contribution in [0, 0.1) is 0 Å². The summed E-state index contributed by atoms with van der Waals surface area (Å²) in [5.41, 5.74) is 0.923. The molecule has 1 aromatic carbocycles. The fourth-order valence-electron chi connectivity index (χ4n) is 2.30. The number of hydrogen-bond acceptors (Lipinski definition) is 6. The van der Waals surface area contributed by atoms with Crippen molar-refractivity contribution in [3.63, 3.8) is 0 Å². The molecule has 0 radical (unpaired) electrons. The SMILES string of the molecule is C=C(Br)CSc1nnc(-c2ccc(OC)c(OC)c2)n1CCCOC. The Hall–Kier alpha value is -1.51. The molecule has 0 aliphatic rings. The van der Waals surface area contributed by atoms with Gasteiger partial charge in [-0.15, -0.1) is 10.2 Å². The summed E-state index contributed by atoms with van der Waals surface area (Å²) in [6.07, 6.45) is 0.873. The number of halogens is 1. The van der Waals surface area contributed by atoms with Crippen LogP contribution in [0.1, 0.15) is 6.42 Å². The Morgan fingerprint density at radius 1 is 1.20 bits per heavy atom. The summed E-state index contributed by atoms with van der Waals surface area (Å²) < 4.78 is 18.9. The zero-order valence-electron chi connectivity index (χ0n) is 14.6. The Labute approximate surface area is 160 Å². The van der Waals surface area contributed by atoms with E-state index in [2.05, 4.69) is 37.3 Å². The highest BCUT2D eigenvalue weighted by molar-refractivity contribution is 9.11. The molecule has 136 valence electrons. The van der Waals surface area contributed by atoms with Crippen molar-refractivity contribution >= 4 is 27.7 Å². The quantitative estimate of drug-likeness (QED) is 0.421. The van der Waals surface area contributed by atoms with Gasteiger partial charge >= 0.3 is 0 Å². The summed E-state index contributed by atoms with van der Waals surface area (Å²) in [7, 11) is 4.94. The number of hydrogen-bond donors (Lipinski definition) is 0. The molecular weight excluding hydrogens is 406 g/mol. The molecule has 0 atom stereocenters. The molecule has 0 amide bonds. The van der Waals surface area contributed by atoms with Crippen LogP contribution in [0.3, 0.4) is 0 Å². The average Bonchev–Trinajstić information content (AvgIpc) is 3.02. The maximum absolute atomic E-state index is 5.40. The third-order valence-corrected chi connectivity index (χ3v) is 5.15. The Kier molecular flexibility index (Phi) is 7.80. The van der Waals surface area contributed by atoms with Crippen LogP contribution in [0.2, 0.25) is 0 Å². The first-order valence-electron chi connectivity index (χ1n) is 7.71. The molecule has 2 rings (SSSR count). The van der Waals surface area contributed by atoms with Gasteiger partial charge in [0, 0.05) is 31.6 Å². The summed E-state index contributed by atoms with van der Waals surface area (Å²) in [5, 5.41) is 9.57. The molecule has 25 heavy (non-hydrogen) atoms. The van der Waals surface area contributed by atoms with Gasteiger partial charge in [-0.1, -0.05) is 34.3 Å². The van der Waals surface area contributed by atoms with E-state index in [0.717, 1.165) is 39.7 Å². The lowest BCUT2D eigenvalue weighted by molar-refractivity contribution is 0.189. The van der Waals surface area contributed by atoms with Crippen molar-refractivity contribution < 1.29 is 14.2 Å². The van der Waals surface area contributed by atoms with Gasteiger partial charge in [0.2, 0.25) is 0 Å². The number of ether oxygens (including phenoxy) is 3. The second-order valence-electron chi connectivity index (χ2n) is 5.18. The molecule has 0 saturated carbocycles. The Bertz CT molecular complexity index is 721. The van der Waals surface area contributed by atoms with E-state index in [9.17, 15) is 0 Å². The molecule has 0 aliphatic heterocycles. The molecule has 0 unspecified atom stereocenters. The molecule has 0 aliphatic carbocycles. The minimum atomic E-state index is 0.662. The van der Waals surface area contributed by atoms with Gasteiger partial charge in [0.25, 0.3) is 0 Å². The third kappa shape index (κ3) is 5.23. The van der Waals surface area contributed by atoms with Crippen LogP contribution >= 0.6 is 27.7 Å². The van der Waals surface area contributed by atoms with Crippen LogP contribution in [0.15, 0.2) is 34.4 Å². The predicted molar refractivity (Wildman–Crippen MR) is 104 cm³/mol. The maximum Gasteiger partial charge on any atom is 0.191 e. The summed E-state index contributed by atoms with van der Waals surface area (Å²) >= 11 is 4.98. The molecule has 6 nitrogen and oxygen atoms in total. The second-order valence-corrected chi connectivity index (χ2v) is 7.24. The van der Waals surface area contributed by atoms with Crippen LogP contribution in [0.5, 0.6) is 11.5 Å². The normalized spacial score (nSPS) is 10.7. The van der Waals surface area contributed by atoms with Crippen molar-refractivity contribution in [3.05, 3.63) is 29.3 Å². The van der Waals surface area contributed by atoms with Crippen molar-refractivity contribution in [1.29, 1.82) is 0 Å². The predicted octanol–water partition coefficient (Wildman–Crippen LogP) is 4.00. The monoisotopic (exact) mass is 427 g/mol. The lowest BCUT2D eigenvalue weighted by Crippen LogP contribution is -2.05. The first-order chi connectivity index (χ1) is 12.1. The van der Waals surface area contributed by atoms with E-state index in [1.54, 1.807) is 33.1 Å². The number of nitrogens with zero attached hydrogens (tertiary/aromatic N) is 3. The number of methoxy groups -OCH3 is 3. The van der Waals surface area contributed by atoms with E-state index in [4.69, 9.17) is 14.2 Å². The Morgan fingerprint density at radius 2 is 1.96 bits per heavy atom. The molecular formula is C17H22BrN3O3S. The molecule has 1 aromatic heterocycles. The number of rotatable bonds is 10. The summed E-state index contributed by atoms with van der Waals surface area (Å²) in [6, 6.07) is 5.74. The zero-order valence-corrected chi connectivity index (χ0v) is 17.0. The van der Waals surface area contributed by atoms with Gasteiger partial charge in [-0.05, 0) is 29.1 Å². The minimum Gasteiger partial charge on any atom is -0.493 e. The molecule has 8 heteroatoms. The van der Waals surface area contributed by atoms with E-state index >= 15 is 0 Å². The standard InChI is InChI=1S/C17H22BrN3O3S/c1-12(18)11-25-17-20-19-16(21(17)8-5-9-22-2)13-6-7-14(23-3)15(10-13)24-4/h6-7,10H,1,5,8-9,11H2,2-4H3. The molecule has 0 bridgehead atoms. The fourth-order valence-corrected chi connectivity index (χ4v) is 3.36. The van der Waals surface area contributed by atoms with Crippen molar-refractivity contribution in [1.82, 2.24) is 14.8 Å². The first kappa shape index (κ1) is 19.8. The average molecular weight is 428 g/mol. The number of benzene rings is 1. The lowest BCUT2D eigenvalue weighted by atomic mass is 10.2. The van der Waals surface area contributed by atoms with E-state index in [1.165, 1.54) is 0 Å². The smallest absolute Gasteiger partial charge is 0.191 e. The Balaban J connectivity index is 2.36. The molecule has 0 spiro atoms. The van der Waals surface area contributed by atoms with Gasteiger partial charge in [0.1, 0.15) is 0 Å². The van der Waals surface area contributed by atoms with Gasteiger partial charge in [0.05, 0.1) is 14.2 Å². The Morgan fingerprint density at radius 3 is 2.60 bits per heavy atom. The highest BCUT2D eigenvalue weighted by atomic mass is 79.9. The first-order valence-corrected chi connectivity index (χ1v) is 9.49. The lowest BCUT2D eigenvalue weighted by Gasteiger charge is -2.12. The largest absolute Gasteiger partial charge is 0.493 e. The van der Waals surface area contributed by atoms with Crippen LogP contribution in [-0.2, 0) is 11.3 Å². The second kappa shape index (κ2) is 9.84. The highest BCUT2D eigenvalue weighted by Gasteiger charge is 2.16. The van der Waals surface area contributed by atoms with Gasteiger partial charge < -0.3 is 18.8 Å². The van der Waals surface area contributed by atoms with Crippen molar-refractivity contribution in [2.24, 2.45) is 0 Å². The zero-order chi connectivity index (χ0) is 18.2. The minimum absolute atomic E-state index is 0.662. The van der Waals surface area contributed by atoms with Gasteiger partial charge in [-0.2, -0.15) is 0 Å². The molecule has 1 heterocycles. The topological polar surface area (TPSA) is 58.4 Å². The van der Waals surface area contributed by atoms with Gasteiger partial charge in [0.15, 0.2) is 22.5 Å². The highest BCUT2D eigenvalue weighted by Crippen LogP contribution is 2.33. The summed E-state index contributed by atoms with van der Waals surface area (Å²) in [6.45, 7) is 5.31. The molecule has 2 aromatic rings. The van der Waals surface area contributed by atoms with E-state index < -0.39 is 0 Å². The van der Waals surface area contributed by atoms with Gasteiger partial charge in [-0.3, -0.25) is 0 Å². The molecule has 0 N–H and O–H groups in total. The van der Waals surface area contributed by atoms with E-state index in [-0.39, 0.29) is 0 Å². The summed E-state index contributed by atoms with van der Waals surface area (Å²) in [5.74, 6) is 2.87. The molecule has 0 saturated heterocycles. The van der Waals surface area contributed by atoms with Crippen molar-refractivity contribution in [3.8, 4) is 22.9 Å². The van der Waals surface area contributed by atoms with Crippen molar-refractivity contribution in [2.45, 2.75) is 18.1 Å². The van der Waals surface area contributed by atoms with Gasteiger partial charge in [-0.25, -0.2) is 0 Å². The van der Waals surface area contributed by atoms with Crippen molar-refractivity contribution in [2.75, 3.05) is 33.7 Å². The van der Waals surface area contributed by atoms with E-state index in [0.29, 0.717) is 18.1 Å². The van der Waals surface area contributed by atoms with Crippen LogP contribution in [0.25, 0.3) is 11.4 Å². The van der Waals surface area contributed by atoms with Crippen LogP contribution in [0.4, 0.5) is 0 Å². The van der Waals surface area contributed by atoms with Crippen LogP contribution < -0.4 is 9.47 Å². The fraction of sp³-hybridized carbons (Fsp3) is 0.412.